The van der Waals surface area contributed by atoms with Gasteiger partial charge in [-0.25, -0.2) is 0 Å². The molecule has 3 nitrogen and oxygen atoms in total. The van der Waals surface area contributed by atoms with Crippen LogP contribution in [0.1, 0.15) is 103 Å². The Kier molecular flexibility index (Phi) is 18.3. The standard InChI is InChI=1S/C20H45NP2.C5H12O2.Rh/c1-17(2,3)22(18(4,5)6)15-13-21-14-16-23(19(7,8)9)20(10,11)12;1-4(6)3-5(2)7;/h21H,13-16H2,1-12H3;4-7H,3H2,1-2H3;/p+2. The fraction of sp³-hybridized carbons (Fsp3) is 1.00. The van der Waals surface area contributed by atoms with Gasteiger partial charge in [-0.05, 0) is 103 Å². The van der Waals surface area contributed by atoms with Crippen molar-refractivity contribution in [3.8, 4) is 0 Å². The zero-order chi connectivity index (χ0) is 24.6. The number of aliphatic hydroxyl groups is 2. The van der Waals surface area contributed by atoms with E-state index < -0.39 is 0 Å². The average Bonchev–Trinajstić information content (AvgIpc) is 2.39. The molecule has 0 saturated carbocycles. The third-order valence-corrected chi connectivity index (χ3v) is 14.1. The molecule has 0 aromatic heterocycles. The van der Waals surface area contributed by atoms with Gasteiger partial charge < -0.3 is 15.5 Å². The summed E-state index contributed by atoms with van der Waals surface area (Å²) in [7, 11) is -0.773. The molecule has 2 atom stereocenters. The molecule has 0 aliphatic carbocycles. The van der Waals surface area contributed by atoms with Gasteiger partial charge in [-0.1, -0.05) is 0 Å². The van der Waals surface area contributed by atoms with E-state index in [4.69, 9.17) is 10.2 Å². The molecule has 0 rings (SSSR count). The van der Waals surface area contributed by atoms with Crippen molar-refractivity contribution in [3.05, 3.63) is 0 Å². The van der Waals surface area contributed by atoms with Crippen LogP contribution >= 0.6 is 15.8 Å². The van der Waals surface area contributed by atoms with Crippen LogP contribution in [0.4, 0.5) is 0 Å². The van der Waals surface area contributed by atoms with Crippen molar-refractivity contribution in [1.29, 1.82) is 0 Å². The molecule has 2 unspecified atom stereocenters. The quantitative estimate of drug-likeness (QED) is 0.182. The Morgan fingerprint density at radius 2 is 0.806 bits per heavy atom. The van der Waals surface area contributed by atoms with Crippen LogP contribution in [0, 0.1) is 0 Å². The van der Waals surface area contributed by atoms with Crippen molar-refractivity contribution in [2.24, 2.45) is 0 Å². The Morgan fingerprint density at radius 1 is 0.581 bits per heavy atom. The number of rotatable bonds is 8. The predicted molar refractivity (Wildman–Crippen MR) is 146 cm³/mol. The van der Waals surface area contributed by atoms with Gasteiger partial charge in [-0.15, -0.1) is 0 Å². The average molecular weight is 571 g/mol. The monoisotopic (exact) mass is 570 g/mol. The van der Waals surface area contributed by atoms with Gasteiger partial charge in [0.2, 0.25) is 0 Å². The largest absolute Gasteiger partial charge is 0.393 e. The fourth-order valence-electron chi connectivity index (χ4n) is 4.80. The summed E-state index contributed by atoms with van der Waals surface area (Å²) in [6.45, 7) is 35.0. The van der Waals surface area contributed by atoms with Gasteiger partial charge in [-0.2, -0.15) is 0 Å². The molecule has 0 saturated heterocycles. The van der Waals surface area contributed by atoms with Crippen molar-refractivity contribution in [3.63, 3.8) is 0 Å². The Hall–Kier alpha value is 1.36. The number of aliphatic hydroxyl groups excluding tert-OH is 2. The molecule has 0 aliphatic heterocycles. The molecule has 0 aromatic rings. The molecule has 0 amide bonds. The molecule has 0 aromatic carbocycles. The maximum absolute atomic E-state index is 8.56. The summed E-state index contributed by atoms with van der Waals surface area (Å²) in [6.07, 6.45) is 2.48. The van der Waals surface area contributed by atoms with Crippen LogP contribution in [-0.4, -0.2) is 68.5 Å². The smallest absolute Gasteiger partial charge is 0.0706 e. The van der Waals surface area contributed by atoms with E-state index in [1.807, 2.05) is 0 Å². The van der Waals surface area contributed by atoms with E-state index in [-0.39, 0.29) is 47.5 Å². The summed E-state index contributed by atoms with van der Waals surface area (Å²) in [4.78, 5) is 0. The van der Waals surface area contributed by atoms with E-state index in [0.29, 0.717) is 27.0 Å². The van der Waals surface area contributed by atoms with E-state index in [1.165, 1.54) is 25.4 Å². The molecular weight excluding hydrogens is 511 g/mol. The second-order valence-corrected chi connectivity index (χ2v) is 22.1. The van der Waals surface area contributed by atoms with E-state index in [1.54, 1.807) is 13.8 Å². The molecule has 6 heteroatoms. The van der Waals surface area contributed by atoms with Crippen molar-refractivity contribution in [2.75, 3.05) is 25.4 Å². The number of hydrogen-bond acceptors (Lipinski definition) is 3. The van der Waals surface area contributed by atoms with Crippen LogP contribution < -0.4 is 5.32 Å². The normalized spacial score (nSPS) is 15.3. The Morgan fingerprint density at radius 3 is 0.935 bits per heavy atom. The Balaban J connectivity index is -0.000000840. The summed E-state index contributed by atoms with van der Waals surface area (Å²) in [5.74, 6) is 0. The molecule has 3 N–H and O–H groups in total. The molecule has 31 heavy (non-hydrogen) atoms. The van der Waals surface area contributed by atoms with Crippen LogP contribution in [-0.2, 0) is 19.5 Å². The first-order valence-electron chi connectivity index (χ1n) is 11.9. The molecule has 0 spiro atoms. The summed E-state index contributed by atoms with van der Waals surface area (Å²) >= 11 is 0. The minimum atomic E-state index is -0.386. The minimum Gasteiger partial charge on any atom is -0.393 e. The molecule has 0 bridgehead atoms. The summed E-state index contributed by atoms with van der Waals surface area (Å²) in [5, 5.41) is 22.8. The maximum Gasteiger partial charge on any atom is 0.0706 e. The maximum atomic E-state index is 8.56. The predicted octanol–water partition coefficient (Wildman–Crippen LogP) is 6.33. The zero-order valence-corrected chi connectivity index (χ0v) is 27.1. The molecule has 1 radical (unpaired) electrons. The molecule has 0 fully saturated rings. The molecule has 193 valence electrons. The third-order valence-electron chi connectivity index (χ3n) is 5.41. The van der Waals surface area contributed by atoms with Gasteiger partial charge in [0, 0.05) is 48.4 Å². The first-order valence-corrected chi connectivity index (χ1v) is 15.3. The Labute approximate surface area is 212 Å². The van der Waals surface area contributed by atoms with Gasteiger partial charge >= 0.3 is 0 Å². The van der Waals surface area contributed by atoms with Gasteiger partial charge in [0.15, 0.2) is 0 Å². The SMILES string of the molecule is CC(C)(C)[PH+](CCNCC[PH+](C(C)(C)C)C(C)(C)C)C(C)(C)C.CC(O)CC(C)O.[Rh]. The second kappa shape index (κ2) is 15.4. The van der Waals surface area contributed by atoms with Gasteiger partial charge in [-0.3, -0.25) is 0 Å². The topological polar surface area (TPSA) is 52.5 Å². The minimum absolute atomic E-state index is 0. The fourth-order valence-corrected chi connectivity index (χ4v) is 13.1. The number of nitrogens with one attached hydrogen (secondary N) is 1. The third kappa shape index (κ3) is 19.4. The van der Waals surface area contributed by atoms with Crippen molar-refractivity contribution >= 4 is 15.8 Å². The summed E-state index contributed by atoms with van der Waals surface area (Å²) in [6, 6.07) is 0. The van der Waals surface area contributed by atoms with Crippen molar-refractivity contribution in [1.82, 2.24) is 5.32 Å². The van der Waals surface area contributed by atoms with Crippen LogP contribution in [0.2, 0.25) is 0 Å². The van der Waals surface area contributed by atoms with Crippen molar-refractivity contribution in [2.45, 2.75) is 136 Å². The Bertz CT molecular complexity index is 376. The van der Waals surface area contributed by atoms with E-state index in [9.17, 15) is 0 Å². The van der Waals surface area contributed by atoms with Gasteiger partial charge in [0.25, 0.3) is 0 Å². The van der Waals surface area contributed by atoms with E-state index in [2.05, 4.69) is 88.4 Å². The first kappa shape index (κ1) is 36.9. The molecular formula is C25H59NO2P2Rh+2. The van der Waals surface area contributed by atoms with Gasteiger partial charge in [0.1, 0.15) is 0 Å². The second-order valence-electron chi connectivity index (χ2n) is 13.1. The van der Waals surface area contributed by atoms with Crippen molar-refractivity contribution < 1.29 is 29.7 Å². The van der Waals surface area contributed by atoms with E-state index in [0.717, 1.165) is 0 Å². The first-order chi connectivity index (χ1) is 13.1. The van der Waals surface area contributed by atoms with Gasteiger partial charge in [0.05, 0.1) is 45.2 Å². The van der Waals surface area contributed by atoms with Crippen LogP contribution in [0.25, 0.3) is 0 Å². The van der Waals surface area contributed by atoms with E-state index >= 15 is 0 Å². The molecule has 0 heterocycles. The summed E-state index contributed by atoms with van der Waals surface area (Å²) in [5.41, 5.74) is 0. The van der Waals surface area contributed by atoms with Crippen LogP contribution in [0.15, 0.2) is 0 Å². The summed E-state index contributed by atoms with van der Waals surface area (Å²) < 4.78 is 0. The van der Waals surface area contributed by atoms with Crippen LogP contribution in [0.5, 0.6) is 0 Å². The van der Waals surface area contributed by atoms with Crippen LogP contribution in [0.3, 0.4) is 0 Å². The number of hydrogen-bond donors (Lipinski definition) is 3. The molecule has 0 aliphatic rings. The zero-order valence-electron chi connectivity index (χ0n) is 23.4.